The van der Waals surface area contributed by atoms with Gasteiger partial charge in [-0.2, -0.15) is 13.2 Å². The van der Waals surface area contributed by atoms with Gasteiger partial charge in [0.1, 0.15) is 10.7 Å². The lowest BCUT2D eigenvalue weighted by molar-refractivity contribution is -0.137. The van der Waals surface area contributed by atoms with Gasteiger partial charge in [0.2, 0.25) is 0 Å². The predicted molar refractivity (Wildman–Crippen MR) is 93.8 cm³/mol. The van der Waals surface area contributed by atoms with Gasteiger partial charge in [0.25, 0.3) is 5.91 Å². The molecule has 0 aliphatic carbocycles. The van der Waals surface area contributed by atoms with Crippen molar-refractivity contribution in [1.29, 1.82) is 0 Å². The summed E-state index contributed by atoms with van der Waals surface area (Å²) < 4.78 is 39.5. The largest absolute Gasteiger partial charge is 0.417 e. The number of rotatable bonds is 4. The molecule has 0 unspecified atom stereocenters. The van der Waals surface area contributed by atoms with E-state index in [1.165, 1.54) is 23.0 Å². The highest BCUT2D eigenvalue weighted by molar-refractivity contribution is 7.15. The molecule has 4 nitrogen and oxygen atoms in total. The van der Waals surface area contributed by atoms with Gasteiger partial charge < -0.3 is 9.88 Å². The Hall–Kier alpha value is -2.61. The Morgan fingerprint density at radius 2 is 1.96 bits per heavy atom. The molecule has 0 aliphatic heterocycles. The third kappa shape index (κ3) is 3.80. The van der Waals surface area contributed by atoms with Crippen LogP contribution in [0, 0.1) is 0 Å². The van der Waals surface area contributed by atoms with Crippen LogP contribution < -0.4 is 5.32 Å². The van der Waals surface area contributed by atoms with Crippen LogP contribution in [0.4, 0.5) is 13.2 Å². The SMILES string of the molecule is C[C@H](NC(=O)c1cc(C(F)(F)F)cn1C)c1cnc(-c2ccccc2)s1. The molecular weight excluding hydrogens is 363 g/mol. The quantitative estimate of drug-likeness (QED) is 0.717. The lowest BCUT2D eigenvalue weighted by Crippen LogP contribution is -2.27. The minimum absolute atomic E-state index is 0.0445. The maximum Gasteiger partial charge on any atom is 0.417 e. The average molecular weight is 379 g/mol. The van der Waals surface area contributed by atoms with E-state index in [4.69, 9.17) is 0 Å². The molecule has 2 heterocycles. The Labute approximate surface area is 152 Å². The molecule has 1 N–H and O–H groups in total. The molecule has 0 radical (unpaired) electrons. The van der Waals surface area contributed by atoms with Crippen LogP contribution in [0.25, 0.3) is 10.6 Å². The first kappa shape index (κ1) is 18.2. The molecule has 136 valence electrons. The molecule has 0 saturated carbocycles. The zero-order chi connectivity index (χ0) is 18.9. The van der Waals surface area contributed by atoms with Gasteiger partial charge >= 0.3 is 6.18 Å². The summed E-state index contributed by atoms with van der Waals surface area (Å²) in [5.41, 5.74) is 0.0819. The number of benzene rings is 1. The number of alkyl halides is 3. The van der Waals surface area contributed by atoms with Crippen molar-refractivity contribution < 1.29 is 18.0 Å². The Morgan fingerprint density at radius 3 is 2.58 bits per heavy atom. The monoisotopic (exact) mass is 379 g/mol. The number of carbonyl (C=O) groups is 1. The Balaban J connectivity index is 1.74. The summed E-state index contributed by atoms with van der Waals surface area (Å²) in [6.45, 7) is 1.77. The summed E-state index contributed by atoms with van der Waals surface area (Å²) in [6, 6.07) is 10.1. The first-order valence-electron chi connectivity index (χ1n) is 7.81. The van der Waals surface area contributed by atoms with E-state index in [1.54, 1.807) is 13.1 Å². The summed E-state index contributed by atoms with van der Waals surface area (Å²) in [5, 5.41) is 3.55. The Kier molecular flexibility index (Phi) is 4.86. The van der Waals surface area contributed by atoms with Gasteiger partial charge in [0.15, 0.2) is 0 Å². The molecule has 0 bridgehead atoms. The smallest absolute Gasteiger partial charge is 0.346 e. The minimum atomic E-state index is -4.48. The van der Waals surface area contributed by atoms with Crippen LogP contribution in [0.2, 0.25) is 0 Å². The molecule has 0 aliphatic rings. The summed E-state index contributed by atoms with van der Waals surface area (Å²) in [5.74, 6) is -0.565. The lowest BCUT2D eigenvalue weighted by Gasteiger charge is -2.12. The third-order valence-corrected chi connectivity index (χ3v) is 5.11. The van der Waals surface area contributed by atoms with E-state index >= 15 is 0 Å². The number of amides is 1. The number of carbonyl (C=O) groups excluding carboxylic acids is 1. The normalized spacial score (nSPS) is 12.8. The van der Waals surface area contributed by atoms with E-state index in [-0.39, 0.29) is 11.7 Å². The first-order chi connectivity index (χ1) is 12.3. The van der Waals surface area contributed by atoms with Gasteiger partial charge in [-0.15, -0.1) is 11.3 Å². The predicted octanol–water partition coefficient (Wildman–Crippen LogP) is 4.66. The summed E-state index contributed by atoms with van der Waals surface area (Å²) in [7, 11) is 1.41. The molecule has 1 aromatic carbocycles. The molecule has 26 heavy (non-hydrogen) atoms. The molecule has 8 heteroatoms. The van der Waals surface area contributed by atoms with E-state index in [0.29, 0.717) is 0 Å². The first-order valence-corrected chi connectivity index (χ1v) is 8.63. The Bertz CT molecular complexity index is 915. The summed E-state index contributed by atoms with van der Waals surface area (Å²) in [6.07, 6.45) is -1.91. The number of nitrogens with one attached hydrogen (secondary N) is 1. The molecule has 0 saturated heterocycles. The van der Waals surface area contributed by atoms with Crippen LogP contribution in [-0.2, 0) is 13.2 Å². The number of hydrogen-bond donors (Lipinski definition) is 1. The van der Waals surface area contributed by atoms with Crippen molar-refractivity contribution in [2.45, 2.75) is 19.1 Å². The standard InChI is InChI=1S/C18H16F3N3OS/c1-11(15-9-22-17(26-15)12-6-4-3-5-7-12)23-16(25)14-8-13(10-24(14)2)18(19,20)21/h3-11H,1-2H3,(H,23,25)/t11-/m0/s1. The van der Waals surface area contributed by atoms with Crippen molar-refractivity contribution >= 4 is 17.2 Å². The second-order valence-corrected chi connectivity index (χ2v) is 6.91. The summed E-state index contributed by atoms with van der Waals surface area (Å²) >= 11 is 1.43. The van der Waals surface area contributed by atoms with Gasteiger partial charge in [-0.1, -0.05) is 30.3 Å². The van der Waals surface area contributed by atoms with Crippen LogP contribution in [0.15, 0.2) is 48.8 Å². The molecule has 0 spiro atoms. The van der Waals surface area contributed by atoms with Gasteiger partial charge in [-0.3, -0.25) is 4.79 Å². The van der Waals surface area contributed by atoms with Crippen LogP contribution >= 0.6 is 11.3 Å². The molecule has 1 amide bonds. The fourth-order valence-electron chi connectivity index (χ4n) is 2.49. The number of thiazole rings is 1. The lowest BCUT2D eigenvalue weighted by atomic mass is 10.2. The highest BCUT2D eigenvalue weighted by atomic mass is 32.1. The Morgan fingerprint density at radius 1 is 1.27 bits per heavy atom. The molecule has 3 rings (SSSR count). The number of aryl methyl sites for hydroxylation is 1. The zero-order valence-corrected chi connectivity index (χ0v) is 14.9. The van der Waals surface area contributed by atoms with Crippen molar-refractivity contribution in [3.8, 4) is 10.6 Å². The fraction of sp³-hybridized carbons (Fsp3) is 0.222. The van der Waals surface area contributed by atoms with Crippen molar-refractivity contribution in [3.63, 3.8) is 0 Å². The van der Waals surface area contributed by atoms with E-state index in [9.17, 15) is 18.0 Å². The maximum absolute atomic E-state index is 12.8. The minimum Gasteiger partial charge on any atom is -0.346 e. The van der Waals surface area contributed by atoms with E-state index in [0.717, 1.165) is 27.7 Å². The summed E-state index contributed by atoms with van der Waals surface area (Å²) in [4.78, 5) is 17.5. The second-order valence-electron chi connectivity index (χ2n) is 5.85. The molecule has 2 aromatic heterocycles. The van der Waals surface area contributed by atoms with Crippen molar-refractivity contribution in [1.82, 2.24) is 14.9 Å². The molecule has 1 atom stereocenters. The van der Waals surface area contributed by atoms with E-state index < -0.39 is 17.6 Å². The average Bonchev–Trinajstić information content (AvgIpc) is 3.22. The third-order valence-electron chi connectivity index (χ3n) is 3.88. The van der Waals surface area contributed by atoms with Gasteiger partial charge in [0.05, 0.1) is 11.6 Å². The van der Waals surface area contributed by atoms with Crippen molar-refractivity contribution in [2.75, 3.05) is 0 Å². The number of nitrogens with zero attached hydrogens (tertiary/aromatic N) is 2. The van der Waals surface area contributed by atoms with Crippen LogP contribution in [0.3, 0.4) is 0 Å². The topological polar surface area (TPSA) is 46.9 Å². The van der Waals surface area contributed by atoms with Crippen LogP contribution in [-0.4, -0.2) is 15.5 Å². The number of hydrogen-bond acceptors (Lipinski definition) is 3. The zero-order valence-electron chi connectivity index (χ0n) is 14.0. The second kappa shape index (κ2) is 6.95. The molecule has 0 fully saturated rings. The number of halogens is 3. The van der Waals surface area contributed by atoms with Crippen LogP contribution in [0.1, 0.15) is 33.9 Å². The highest BCUT2D eigenvalue weighted by Gasteiger charge is 2.33. The molecule has 3 aromatic rings. The van der Waals surface area contributed by atoms with E-state index in [2.05, 4.69) is 10.3 Å². The highest BCUT2D eigenvalue weighted by Crippen LogP contribution is 2.31. The van der Waals surface area contributed by atoms with Crippen LogP contribution in [0.5, 0.6) is 0 Å². The maximum atomic E-state index is 12.8. The van der Waals surface area contributed by atoms with Crippen molar-refractivity contribution in [2.24, 2.45) is 7.05 Å². The molecular formula is C18H16F3N3OS. The van der Waals surface area contributed by atoms with Gasteiger partial charge in [-0.25, -0.2) is 4.98 Å². The number of aromatic nitrogens is 2. The van der Waals surface area contributed by atoms with Crippen molar-refractivity contribution in [3.05, 3.63) is 64.9 Å². The van der Waals surface area contributed by atoms with Gasteiger partial charge in [-0.05, 0) is 13.0 Å². The fourth-order valence-corrected chi connectivity index (χ4v) is 3.41. The van der Waals surface area contributed by atoms with Gasteiger partial charge in [0, 0.05) is 29.9 Å². The van der Waals surface area contributed by atoms with E-state index in [1.807, 2.05) is 30.3 Å².